The molecular formula is C24H28O4. The average molecular weight is 380 g/mol. The Bertz CT molecular complexity index is 907. The van der Waals surface area contributed by atoms with Crippen molar-refractivity contribution in [3.05, 3.63) is 11.6 Å². The monoisotopic (exact) mass is 380 g/mol. The fourth-order valence-electron chi connectivity index (χ4n) is 8.77. The Morgan fingerprint density at radius 3 is 2.71 bits per heavy atom. The minimum Gasteiger partial charge on any atom is -0.472 e. The van der Waals surface area contributed by atoms with Gasteiger partial charge in [-0.3, -0.25) is 4.79 Å². The van der Waals surface area contributed by atoms with E-state index >= 15 is 0 Å². The first-order valence-corrected chi connectivity index (χ1v) is 10.9. The molecule has 0 bridgehead atoms. The normalized spacial score (nSPS) is 57.3. The molecule has 0 spiro atoms. The number of hydrogen-bond acceptors (Lipinski definition) is 3. The Morgan fingerprint density at radius 1 is 1.18 bits per heavy atom. The number of fused-ring (bicyclic) bond motifs is 10. The highest BCUT2D eigenvalue weighted by Gasteiger charge is 2.78. The van der Waals surface area contributed by atoms with Crippen molar-refractivity contribution in [2.45, 2.75) is 58.0 Å². The molecule has 28 heavy (non-hydrogen) atoms. The highest BCUT2D eigenvalue weighted by atomic mass is 16.4. The predicted molar refractivity (Wildman–Crippen MR) is 102 cm³/mol. The van der Waals surface area contributed by atoms with Gasteiger partial charge in [-0.05, 0) is 79.1 Å². The summed E-state index contributed by atoms with van der Waals surface area (Å²) in [5, 5.41) is 20.7. The minimum atomic E-state index is -1.16. The van der Waals surface area contributed by atoms with E-state index in [4.69, 9.17) is 5.11 Å². The molecule has 2 N–H and O–H groups in total. The molecule has 0 amide bonds. The molecule has 6 rings (SSSR count). The molecule has 5 saturated carbocycles. The smallest absolute Gasteiger partial charge is 0.382 e. The van der Waals surface area contributed by atoms with E-state index in [1.165, 1.54) is 12.0 Å². The first kappa shape index (κ1) is 17.3. The van der Waals surface area contributed by atoms with Crippen molar-refractivity contribution in [2.24, 2.45) is 52.3 Å². The highest BCUT2D eigenvalue weighted by Crippen LogP contribution is 2.80. The molecule has 0 aromatic rings. The zero-order chi connectivity index (χ0) is 19.6. The molecule has 4 nitrogen and oxygen atoms in total. The summed E-state index contributed by atoms with van der Waals surface area (Å²) >= 11 is 0. The number of allylic oxidation sites excluding steroid dienone is 1. The number of carbonyl (C=O) groups excluding carboxylic acids is 1. The number of hydrogen-bond donors (Lipinski definition) is 2. The number of carboxylic acids is 1. The fraction of sp³-hybridized carbons (Fsp3) is 0.750. The van der Waals surface area contributed by atoms with Crippen LogP contribution in [0.25, 0.3) is 0 Å². The predicted octanol–water partition coefficient (Wildman–Crippen LogP) is 3.05. The Kier molecular flexibility index (Phi) is 3.04. The van der Waals surface area contributed by atoms with Crippen LogP contribution in [0.5, 0.6) is 0 Å². The zero-order valence-electron chi connectivity index (χ0n) is 16.6. The molecule has 3 unspecified atom stereocenters. The van der Waals surface area contributed by atoms with E-state index in [2.05, 4.69) is 25.7 Å². The molecule has 5 fully saturated rings. The van der Waals surface area contributed by atoms with Crippen LogP contribution < -0.4 is 0 Å². The average Bonchev–Trinajstić information content (AvgIpc) is 3.53. The zero-order valence-corrected chi connectivity index (χ0v) is 16.6. The lowest BCUT2D eigenvalue weighted by molar-refractivity contribution is -0.131. The minimum absolute atomic E-state index is 0.134. The molecule has 0 radical (unpaired) electrons. The second-order valence-corrected chi connectivity index (χ2v) is 11.0. The summed E-state index contributed by atoms with van der Waals surface area (Å²) < 4.78 is 0. The lowest BCUT2D eigenvalue weighted by Crippen LogP contribution is -2.57. The van der Waals surface area contributed by atoms with Crippen molar-refractivity contribution in [3.63, 3.8) is 0 Å². The van der Waals surface area contributed by atoms with Crippen LogP contribution in [0.3, 0.4) is 0 Å². The first-order valence-electron chi connectivity index (χ1n) is 10.9. The van der Waals surface area contributed by atoms with Crippen LogP contribution in [0.2, 0.25) is 0 Å². The Balaban J connectivity index is 1.43. The van der Waals surface area contributed by atoms with Crippen LogP contribution in [-0.2, 0) is 9.59 Å². The summed E-state index contributed by atoms with van der Waals surface area (Å²) in [5.41, 5.74) is 0.106. The van der Waals surface area contributed by atoms with Crippen molar-refractivity contribution >= 4 is 11.8 Å². The third-order valence-corrected chi connectivity index (χ3v) is 10.1. The van der Waals surface area contributed by atoms with E-state index in [-0.39, 0.29) is 16.7 Å². The van der Waals surface area contributed by atoms with Gasteiger partial charge in [0.2, 0.25) is 0 Å². The van der Waals surface area contributed by atoms with Gasteiger partial charge in [-0.25, -0.2) is 4.79 Å². The maximum absolute atomic E-state index is 12.1. The van der Waals surface area contributed by atoms with E-state index < -0.39 is 11.6 Å². The number of aliphatic carboxylic acids is 1. The maximum Gasteiger partial charge on any atom is 0.382 e. The molecule has 0 aromatic heterocycles. The molecule has 6 aliphatic carbocycles. The Hall–Kier alpha value is -1.60. The van der Waals surface area contributed by atoms with Crippen molar-refractivity contribution in [1.82, 2.24) is 0 Å². The van der Waals surface area contributed by atoms with Gasteiger partial charge in [0.15, 0.2) is 5.78 Å². The molecule has 148 valence electrons. The molecule has 0 aliphatic heterocycles. The molecule has 0 aromatic carbocycles. The van der Waals surface area contributed by atoms with Crippen molar-refractivity contribution in [3.8, 4) is 11.8 Å². The number of aliphatic hydroxyl groups is 1. The van der Waals surface area contributed by atoms with Gasteiger partial charge in [0.25, 0.3) is 0 Å². The molecule has 0 saturated heterocycles. The Morgan fingerprint density at radius 2 is 1.96 bits per heavy atom. The van der Waals surface area contributed by atoms with Gasteiger partial charge in [0, 0.05) is 23.7 Å². The standard InChI is InChI=1S/C24H28O4/c1-22-6-3-12(25)9-17(22)13-10-14(13)20-16(22)4-7-23(2)21(20)15-11-18(15)24(23,28)8-5-19(26)27/h9,13-16,18,20-21,28H,3-4,6-7,10-11H2,1-2H3,(H,26,27)/t13-,14+,15-,16?,18+,20?,21?,22-,23+,24+/m1/s1. The van der Waals surface area contributed by atoms with Gasteiger partial charge in [-0.1, -0.05) is 25.3 Å². The van der Waals surface area contributed by atoms with Crippen LogP contribution in [0, 0.1) is 64.1 Å². The highest BCUT2D eigenvalue weighted by molar-refractivity contribution is 5.92. The van der Waals surface area contributed by atoms with E-state index in [1.807, 2.05) is 6.08 Å². The van der Waals surface area contributed by atoms with E-state index in [9.17, 15) is 14.7 Å². The molecule has 10 atom stereocenters. The summed E-state index contributed by atoms with van der Waals surface area (Å²) in [6.45, 7) is 4.59. The second kappa shape index (κ2) is 4.93. The van der Waals surface area contributed by atoms with Crippen LogP contribution >= 0.6 is 0 Å². The van der Waals surface area contributed by atoms with Crippen LogP contribution in [0.15, 0.2) is 11.6 Å². The van der Waals surface area contributed by atoms with Gasteiger partial charge in [0.1, 0.15) is 5.60 Å². The number of carbonyl (C=O) groups is 2. The third kappa shape index (κ3) is 1.83. The van der Waals surface area contributed by atoms with Gasteiger partial charge in [0.05, 0.1) is 0 Å². The SMILES string of the molecule is C[C@]12CCC(=O)C=C1[C@@H]1C[C@@H]1C1C2CC[C@@]2(C)C1[C@@H]1C[C@@H]1[C@@]2(O)C#CC(=O)O. The second-order valence-electron chi connectivity index (χ2n) is 11.0. The van der Waals surface area contributed by atoms with Gasteiger partial charge in [-0.15, -0.1) is 0 Å². The number of rotatable bonds is 0. The summed E-state index contributed by atoms with van der Waals surface area (Å²) in [6.07, 6.45) is 7.78. The van der Waals surface area contributed by atoms with Crippen molar-refractivity contribution < 1.29 is 19.8 Å². The molecule has 6 aliphatic rings. The van der Waals surface area contributed by atoms with Gasteiger partial charge in [-0.2, -0.15) is 0 Å². The quantitative estimate of drug-likeness (QED) is 0.634. The van der Waals surface area contributed by atoms with Crippen LogP contribution in [0.1, 0.15) is 52.4 Å². The number of carboxylic acid groups (broad SMARTS) is 1. The fourth-order valence-corrected chi connectivity index (χ4v) is 8.77. The summed E-state index contributed by atoms with van der Waals surface area (Å²) in [7, 11) is 0. The summed E-state index contributed by atoms with van der Waals surface area (Å²) in [4.78, 5) is 23.2. The molecule has 0 heterocycles. The van der Waals surface area contributed by atoms with Gasteiger partial charge >= 0.3 is 5.97 Å². The van der Waals surface area contributed by atoms with Gasteiger partial charge < -0.3 is 10.2 Å². The van der Waals surface area contributed by atoms with E-state index in [0.717, 1.165) is 25.7 Å². The topological polar surface area (TPSA) is 74.6 Å². The maximum atomic E-state index is 12.1. The van der Waals surface area contributed by atoms with Crippen molar-refractivity contribution in [1.29, 1.82) is 0 Å². The van der Waals surface area contributed by atoms with E-state index in [0.29, 0.717) is 47.7 Å². The van der Waals surface area contributed by atoms with E-state index in [1.54, 1.807) is 0 Å². The number of ketones is 1. The summed E-state index contributed by atoms with van der Waals surface area (Å²) in [5.74, 6) is 7.72. The largest absolute Gasteiger partial charge is 0.472 e. The van der Waals surface area contributed by atoms with Crippen LogP contribution in [0.4, 0.5) is 0 Å². The Labute approximate surface area is 165 Å². The lowest BCUT2D eigenvalue weighted by Gasteiger charge is -2.59. The summed E-state index contributed by atoms with van der Waals surface area (Å²) in [6, 6.07) is 0. The molecular weight excluding hydrogens is 352 g/mol. The first-order chi connectivity index (χ1) is 13.2. The molecule has 4 heteroatoms. The van der Waals surface area contributed by atoms with Crippen LogP contribution in [-0.4, -0.2) is 27.6 Å². The third-order valence-electron chi connectivity index (χ3n) is 10.1. The lowest BCUT2D eigenvalue weighted by atomic mass is 9.45. The van der Waals surface area contributed by atoms with Crippen molar-refractivity contribution in [2.75, 3.05) is 0 Å².